The number of nitriles is 1. The van der Waals surface area contributed by atoms with Crippen molar-refractivity contribution in [2.24, 2.45) is 0 Å². The van der Waals surface area contributed by atoms with Crippen LogP contribution in [-0.2, 0) is 11.0 Å². The molecule has 0 aliphatic carbocycles. The topological polar surface area (TPSA) is 93.4 Å². The Morgan fingerprint density at radius 1 is 1.45 bits per heavy atom. The summed E-state index contributed by atoms with van der Waals surface area (Å²) >= 11 is 0. The fourth-order valence-corrected chi connectivity index (χ4v) is 1.47. The molecule has 3 N–H and O–H groups in total. The van der Waals surface area contributed by atoms with Gasteiger partial charge in [-0.15, -0.1) is 0 Å². The van der Waals surface area contributed by atoms with Crippen LogP contribution in [0.1, 0.15) is 17.5 Å². The van der Waals surface area contributed by atoms with Gasteiger partial charge in [0.1, 0.15) is 6.07 Å². The highest BCUT2D eigenvalue weighted by Gasteiger charge is 2.31. The van der Waals surface area contributed by atoms with Gasteiger partial charge in [0.25, 0.3) is 0 Å². The van der Waals surface area contributed by atoms with Crippen LogP contribution in [0.5, 0.6) is 0 Å². The molecule has 1 aromatic carbocycles. The number of nitrogens with zero attached hydrogens (tertiary/aromatic N) is 1. The molecule has 5 nitrogen and oxygen atoms in total. The van der Waals surface area contributed by atoms with E-state index >= 15 is 0 Å². The number of anilines is 1. The predicted molar refractivity (Wildman–Crippen MR) is 62.9 cm³/mol. The van der Waals surface area contributed by atoms with Crippen LogP contribution in [0.3, 0.4) is 0 Å². The van der Waals surface area contributed by atoms with Crippen LogP contribution >= 0.6 is 0 Å². The molecule has 1 atom stereocenters. The number of rotatable bonds is 5. The molecule has 0 saturated heterocycles. The molecule has 0 radical (unpaired) electrons. The van der Waals surface area contributed by atoms with Crippen molar-refractivity contribution in [3.8, 4) is 6.07 Å². The highest BCUT2D eigenvalue weighted by atomic mass is 19.4. The third-order valence-electron chi connectivity index (χ3n) is 2.41. The van der Waals surface area contributed by atoms with Gasteiger partial charge in [-0.05, 0) is 18.2 Å². The maximum absolute atomic E-state index is 12.5. The molecule has 1 unspecified atom stereocenters. The first kappa shape index (κ1) is 15.8. The average molecular weight is 288 g/mol. The molecule has 0 heterocycles. The zero-order valence-corrected chi connectivity index (χ0v) is 10.1. The van der Waals surface area contributed by atoms with E-state index in [9.17, 15) is 23.1 Å². The van der Waals surface area contributed by atoms with Gasteiger partial charge in [0, 0.05) is 6.54 Å². The third kappa shape index (κ3) is 4.44. The van der Waals surface area contributed by atoms with Crippen molar-refractivity contribution in [3.05, 3.63) is 29.3 Å². The van der Waals surface area contributed by atoms with Gasteiger partial charge >= 0.3 is 12.1 Å². The van der Waals surface area contributed by atoms with E-state index in [0.717, 1.165) is 12.1 Å². The third-order valence-corrected chi connectivity index (χ3v) is 2.41. The Hall–Kier alpha value is -2.27. The first-order chi connectivity index (χ1) is 9.24. The minimum atomic E-state index is -4.55. The van der Waals surface area contributed by atoms with Gasteiger partial charge in [-0.2, -0.15) is 18.4 Å². The second-order valence-corrected chi connectivity index (χ2v) is 4.00. The zero-order valence-electron chi connectivity index (χ0n) is 10.1. The van der Waals surface area contributed by atoms with Crippen molar-refractivity contribution in [1.29, 1.82) is 5.26 Å². The number of alkyl halides is 3. The maximum Gasteiger partial charge on any atom is 0.416 e. The first-order valence-electron chi connectivity index (χ1n) is 5.49. The average Bonchev–Trinajstić information content (AvgIpc) is 2.34. The van der Waals surface area contributed by atoms with Gasteiger partial charge in [0.05, 0.1) is 29.3 Å². The number of carboxylic acids is 1. The molecule has 0 spiro atoms. The normalized spacial score (nSPS) is 12.6. The number of benzene rings is 1. The van der Waals surface area contributed by atoms with Crippen LogP contribution in [0.25, 0.3) is 0 Å². The Bertz CT molecular complexity index is 538. The van der Waals surface area contributed by atoms with E-state index in [0.29, 0.717) is 6.07 Å². The van der Waals surface area contributed by atoms with E-state index in [2.05, 4.69) is 5.32 Å². The number of halogens is 3. The van der Waals surface area contributed by atoms with E-state index in [-0.39, 0.29) is 17.8 Å². The molecule has 0 aromatic heterocycles. The van der Waals surface area contributed by atoms with E-state index in [1.165, 1.54) is 0 Å². The summed E-state index contributed by atoms with van der Waals surface area (Å²) in [7, 11) is 0. The van der Waals surface area contributed by atoms with Crippen molar-refractivity contribution >= 4 is 11.7 Å². The van der Waals surface area contributed by atoms with Gasteiger partial charge in [-0.1, -0.05) is 0 Å². The molecule has 0 fully saturated rings. The SMILES string of the molecule is N#Cc1cc(C(F)(F)F)ccc1NCC(O)CC(=O)O. The molecule has 0 bridgehead atoms. The van der Waals surface area contributed by atoms with Crippen molar-refractivity contribution in [3.63, 3.8) is 0 Å². The fraction of sp³-hybridized carbons (Fsp3) is 0.333. The Morgan fingerprint density at radius 2 is 2.10 bits per heavy atom. The number of hydrogen-bond acceptors (Lipinski definition) is 4. The van der Waals surface area contributed by atoms with E-state index in [1.807, 2.05) is 0 Å². The molecule has 1 rings (SSSR count). The quantitative estimate of drug-likeness (QED) is 0.768. The molecule has 20 heavy (non-hydrogen) atoms. The smallest absolute Gasteiger partial charge is 0.416 e. The van der Waals surface area contributed by atoms with Crippen LogP contribution in [0, 0.1) is 11.3 Å². The van der Waals surface area contributed by atoms with Crippen LogP contribution in [0.15, 0.2) is 18.2 Å². The minimum absolute atomic E-state index is 0.102. The lowest BCUT2D eigenvalue weighted by atomic mass is 10.1. The number of nitrogens with one attached hydrogen (secondary N) is 1. The fourth-order valence-electron chi connectivity index (χ4n) is 1.47. The molecule has 0 aliphatic rings. The van der Waals surface area contributed by atoms with Crippen molar-refractivity contribution in [2.45, 2.75) is 18.7 Å². The monoisotopic (exact) mass is 288 g/mol. The minimum Gasteiger partial charge on any atom is -0.481 e. The number of hydrogen-bond donors (Lipinski definition) is 3. The summed E-state index contributed by atoms with van der Waals surface area (Å²) in [6, 6.07) is 4.16. The Kier molecular flexibility index (Phi) is 4.94. The lowest BCUT2D eigenvalue weighted by Crippen LogP contribution is -2.23. The van der Waals surface area contributed by atoms with Gasteiger partial charge in [-0.3, -0.25) is 4.79 Å². The molecular formula is C12H11F3N2O3. The summed E-state index contributed by atoms with van der Waals surface area (Å²) in [5, 5.41) is 29.1. The van der Waals surface area contributed by atoms with E-state index < -0.39 is 30.2 Å². The van der Waals surface area contributed by atoms with Gasteiger partial charge in [0.2, 0.25) is 0 Å². The lowest BCUT2D eigenvalue weighted by Gasteiger charge is -2.13. The molecule has 0 amide bonds. The molecule has 0 saturated carbocycles. The van der Waals surface area contributed by atoms with Gasteiger partial charge < -0.3 is 15.5 Å². The summed E-state index contributed by atoms with van der Waals surface area (Å²) < 4.78 is 37.4. The number of carboxylic acid groups (broad SMARTS) is 1. The van der Waals surface area contributed by atoms with Crippen LogP contribution in [0.4, 0.5) is 18.9 Å². The van der Waals surface area contributed by atoms with Gasteiger partial charge in [-0.25, -0.2) is 0 Å². The highest BCUT2D eigenvalue weighted by molar-refractivity contribution is 5.67. The van der Waals surface area contributed by atoms with Crippen molar-refractivity contribution in [2.75, 3.05) is 11.9 Å². The number of carbonyl (C=O) groups is 1. The number of aliphatic hydroxyl groups is 1. The Balaban J connectivity index is 2.82. The maximum atomic E-state index is 12.5. The molecule has 8 heteroatoms. The summed E-state index contributed by atoms with van der Waals surface area (Å²) in [6.45, 7) is -0.188. The van der Waals surface area contributed by atoms with Crippen LogP contribution in [0.2, 0.25) is 0 Å². The van der Waals surface area contributed by atoms with Crippen molar-refractivity contribution < 1.29 is 28.2 Å². The summed E-state index contributed by atoms with van der Waals surface area (Å²) in [6.07, 6.45) is -6.26. The van der Waals surface area contributed by atoms with Crippen LogP contribution < -0.4 is 5.32 Å². The predicted octanol–water partition coefficient (Wildman–Crippen LogP) is 1.82. The van der Waals surface area contributed by atoms with Crippen LogP contribution in [-0.4, -0.2) is 28.8 Å². The standard InChI is InChI=1S/C12H11F3N2O3/c13-12(14,15)8-1-2-10(7(3-8)5-16)17-6-9(18)4-11(19)20/h1-3,9,17-18H,4,6H2,(H,19,20). The molecule has 1 aromatic rings. The number of aliphatic hydroxyl groups excluding tert-OH is 1. The lowest BCUT2D eigenvalue weighted by molar-refractivity contribution is -0.139. The number of aliphatic carboxylic acids is 1. The van der Waals surface area contributed by atoms with Crippen molar-refractivity contribution in [1.82, 2.24) is 0 Å². The second kappa shape index (κ2) is 6.25. The van der Waals surface area contributed by atoms with E-state index in [1.54, 1.807) is 6.07 Å². The molecular weight excluding hydrogens is 277 g/mol. The summed E-state index contributed by atoms with van der Waals surface area (Å²) in [5.74, 6) is -1.20. The molecule has 108 valence electrons. The first-order valence-corrected chi connectivity index (χ1v) is 5.49. The van der Waals surface area contributed by atoms with E-state index in [4.69, 9.17) is 10.4 Å². The highest BCUT2D eigenvalue weighted by Crippen LogP contribution is 2.31. The summed E-state index contributed by atoms with van der Waals surface area (Å²) in [5.41, 5.74) is -1.09. The van der Waals surface area contributed by atoms with Gasteiger partial charge in [0.15, 0.2) is 0 Å². The Morgan fingerprint density at radius 3 is 2.60 bits per heavy atom. The second-order valence-electron chi connectivity index (χ2n) is 4.00. The largest absolute Gasteiger partial charge is 0.481 e. The summed E-state index contributed by atoms with van der Waals surface area (Å²) in [4.78, 5) is 10.3. The zero-order chi connectivity index (χ0) is 15.3. The Labute approximate surface area is 112 Å². The molecule has 0 aliphatic heterocycles.